The maximum atomic E-state index is 9.42. The van der Waals surface area contributed by atoms with Crippen molar-refractivity contribution in [1.82, 2.24) is 4.98 Å². The van der Waals surface area contributed by atoms with Crippen LogP contribution in [-0.2, 0) is 0 Å². The van der Waals surface area contributed by atoms with Crippen LogP contribution in [0.3, 0.4) is 0 Å². The predicted molar refractivity (Wildman–Crippen MR) is 109 cm³/mol. The first kappa shape index (κ1) is 16.8. The zero-order valence-electron chi connectivity index (χ0n) is 14.2. The quantitative estimate of drug-likeness (QED) is 0.454. The number of anilines is 1. The van der Waals surface area contributed by atoms with E-state index in [0.717, 1.165) is 32.6 Å². The largest absolute Gasteiger partial charge is 0.358 e. The number of rotatable bonds is 4. The second-order valence-electron chi connectivity index (χ2n) is 5.97. The van der Waals surface area contributed by atoms with Crippen molar-refractivity contribution in [3.8, 4) is 23.3 Å². The number of benzene rings is 3. The highest BCUT2D eigenvalue weighted by Gasteiger charge is 2.11. The molecule has 0 amide bonds. The molecular weight excluding hydrogens is 352 g/mol. The molecule has 128 valence electrons. The van der Waals surface area contributed by atoms with Crippen LogP contribution in [-0.4, -0.2) is 4.98 Å². The fraction of sp³-hybridized carbons (Fsp3) is 0. The molecule has 4 rings (SSSR count). The summed E-state index contributed by atoms with van der Waals surface area (Å²) in [4.78, 5) is 4.14. The van der Waals surface area contributed by atoms with Gasteiger partial charge in [0.25, 0.3) is 0 Å². The molecule has 1 aromatic heterocycles. The van der Waals surface area contributed by atoms with E-state index in [0.29, 0.717) is 11.1 Å². The van der Waals surface area contributed by atoms with Gasteiger partial charge in [0.1, 0.15) is 6.07 Å². The third-order valence-corrected chi connectivity index (χ3v) is 5.07. The average Bonchev–Trinajstić information content (AvgIpc) is 3.16. The number of aromatic amines is 1. The second kappa shape index (κ2) is 7.29. The Morgan fingerprint density at radius 1 is 0.852 bits per heavy atom. The summed E-state index contributed by atoms with van der Waals surface area (Å²) in [5.41, 5.74) is 5.13. The average molecular weight is 366 g/mol. The Morgan fingerprint density at radius 2 is 1.70 bits per heavy atom. The Kier molecular flexibility index (Phi) is 4.53. The lowest BCUT2D eigenvalue weighted by molar-refractivity contribution is 1.40. The number of H-pyrrole nitrogens is 1. The molecule has 5 heteroatoms. The molecule has 1 heterocycles. The first-order chi connectivity index (χ1) is 13.3. The van der Waals surface area contributed by atoms with Crippen LogP contribution in [0.5, 0.6) is 0 Å². The summed E-state index contributed by atoms with van der Waals surface area (Å²) in [5, 5.41) is 19.4. The van der Waals surface area contributed by atoms with Crippen molar-refractivity contribution in [1.29, 1.82) is 10.5 Å². The lowest BCUT2D eigenvalue weighted by Crippen LogP contribution is -1.90. The Hall–Kier alpha value is -3.67. The normalized spacial score (nSPS) is 10.3. The van der Waals surface area contributed by atoms with Gasteiger partial charge in [0, 0.05) is 16.5 Å². The molecule has 0 aliphatic carbocycles. The number of aromatic nitrogens is 1. The highest BCUT2D eigenvalue weighted by Crippen LogP contribution is 2.34. The summed E-state index contributed by atoms with van der Waals surface area (Å²) in [6, 6.07) is 26.0. The maximum Gasteiger partial charge on any atom is 0.101 e. The molecule has 2 N–H and O–H groups in total. The molecular formula is C22H14N4S. The van der Waals surface area contributed by atoms with Gasteiger partial charge in [-0.15, -0.1) is 0 Å². The summed E-state index contributed by atoms with van der Waals surface area (Å²) in [5.74, 6) is 0. The molecule has 0 bridgehead atoms. The lowest BCUT2D eigenvalue weighted by atomic mass is 10.0. The molecule has 0 unspecified atom stereocenters. The molecule has 0 fully saturated rings. The number of nitriles is 2. The van der Waals surface area contributed by atoms with E-state index in [1.807, 2.05) is 54.6 Å². The van der Waals surface area contributed by atoms with Crippen LogP contribution < -0.4 is 4.72 Å². The van der Waals surface area contributed by atoms with Gasteiger partial charge in [0.05, 0.1) is 28.4 Å². The zero-order valence-corrected chi connectivity index (χ0v) is 15.0. The van der Waals surface area contributed by atoms with Crippen LogP contribution in [0.25, 0.3) is 22.0 Å². The van der Waals surface area contributed by atoms with E-state index in [2.05, 4.69) is 27.9 Å². The van der Waals surface area contributed by atoms with E-state index >= 15 is 0 Å². The zero-order chi connectivity index (χ0) is 18.6. The van der Waals surface area contributed by atoms with Crippen molar-refractivity contribution < 1.29 is 0 Å². The van der Waals surface area contributed by atoms with E-state index in [4.69, 9.17) is 5.26 Å². The van der Waals surface area contributed by atoms with Crippen LogP contribution in [0, 0.1) is 22.7 Å². The van der Waals surface area contributed by atoms with Crippen molar-refractivity contribution in [2.45, 2.75) is 4.90 Å². The molecule has 0 radical (unpaired) electrons. The summed E-state index contributed by atoms with van der Waals surface area (Å²) in [6.45, 7) is 0. The van der Waals surface area contributed by atoms with Crippen LogP contribution in [0.15, 0.2) is 77.8 Å². The molecule has 0 atom stereocenters. The maximum absolute atomic E-state index is 9.42. The highest BCUT2D eigenvalue weighted by atomic mass is 32.2. The summed E-state index contributed by atoms with van der Waals surface area (Å²) in [6.07, 6.45) is 1.73. The molecule has 0 aliphatic heterocycles. The molecule has 3 aromatic carbocycles. The number of hydrogen-bond acceptors (Lipinski definition) is 4. The van der Waals surface area contributed by atoms with Crippen LogP contribution >= 0.6 is 11.9 Å². The third kappa shape index (κ3) is 3.37. The van der Waals surface area contributed by atoms with Gasteiger partial charge in [0.15, 0.2) is 0 Å². The standard InChI is InChI=1S/C22H14N4S/c23-12-15-5-4-8-19(9-15)27-26-21-11-17(16-6-2-1-3-7-16)10-20-18(13-24)14-25-22(20)21/h1-11,14,25-26H. The summed E-state index contributed by atoms with van der Waals surface area (Å²) in [7, 11) is 0. The Bertz CT molecular complexity index is 1200. The van der Waals surface area contributed by atoms with Crippen molar-refractivity contribution >= 4 is 28.5 Å². The van der Waals surface area contributed by atoms with Crippen LogP contribution in [0.2, 0.25) is 0 Å². The van der Waals surface area contributed by atoms with Gasteiger partial charge in [-0.05, 0) is 53.4 Å². The molecule has 0 saturated carbocycles. The number of fused-ring (bicyclic) bond motifs is 1. The first-order valence-corrected chi connectivity index (χ1v) is 9.14. The molecule has 4 nitrogen and oxygen atoms in total. The molecule has 0 spiro atoms. The minimum absolute atomic E-state index is 0.613. The van der Waals surface area contributed by atoms with Crippen LogP contribution in [0.1, 0.15) is 11.1 Å². The molecule has 0 saturated heterocycles. The van der Waals surface area contributed by atoms with Gasteiger partial charge in [-0.2, -0.15) is 10.5 Å². The minimum Gasteiger partial charge on any atom is -0.358 e. The lowest BCUT2D eigenvalue weighted by Gasteiger charge is -2.10. The van der Waals surface area contributed by atoms with Gasteiger partial charge in [-0.3, -0.25) is 0 Å². The first-order valence-electron chi connectivity index (χ1n) is 8.32. The Labute approximate surface area is 161 Å². The smallest absolute Gasteiger partial charge is 0.101 e. The van der Waals surface area contributed by atoms with Gasteiger partial charge < -0.3 is 9.71 Å². The van der Waals surface area contributed by atoms with Gasteiger partial charge in [-0.25, -0.2) is 0 Å². The van der Waals surface area contributed by atoms with Gasteiger partial charge >= 0.3 is 0 Å². The SMILES string of the molecule is N#Cc1cccc(SNc2cc(-c3ccccc3)cc3c(C#N)c[nH]c23)c1. The van der Waals surface area contributed by atoms with E-state index in [-0.39, 0.29) is 0 Å². The van der Waals surface area contributed by atoms with E-state index in [1.54, 1.807) is 12.3 Å². The third-order valence-electron chi connectivity index (χ3n) is 4.26. The van der Waals surface area contributed by atoms with Gasteiger partial charge in [0.2, 0.25) is 0 Å². The van der Waals surface area contributed by atoms with E-state index in [9.17, 15) is 5.26 Å². The Balaban J connectivity index is 1.76. The van der Waals surface area contributed by atoms with Crippen molar-refractivity contribution in [2.24, 2.45) is 0 Å². The fourth-order valence-corrected chi connectivity index (χ4v) is 3.67. The van der Waals surface area contributed by atoms with Crippen molar-refractivity contribution in [3.63, 3.8) is 0 Å². The highest BCUT2D eigenvalue weighted by molar-refractivity contribution is 8.00. The van der Waals surface area contributed by atoms with Crippen molar-refractivity contribution in [3.05, 3.63) is 84.1 Å². The summed E-state index contributed by atoms with van der Waals surface area (Å²) >= 11 is 1.43. The molecule has 27 heavy (non-hydrogen) atoms. The topological polar surface area (TPSA) is 75.4 Å². The predicted octanol–water partition coefficient (Wildman–Crippen LogP) is 5.70. The van der Waals surface area contributed by atoms with Gasteiger partial charge in [-0.1, -0.05) is 36.4 Å². The number of nitrogens with one attached hydrogen (secondary N) is 2. The van der Waals surface area contributed by atoms with Crippen molar-refractivity contribution in [2.75, 3.05) is 4.72 Å². The monoisotopic (exact) mass is 366 g/mol. The minimum atomic E-state index is 0.613. The van der Waals surface area contributed by atoms with Crippen LogP contribution in [0.4, 0.5) is 5.69 Å². The molecule has 4 aromatic rings. The molecule has 0 aliphatic rings. The number of nitrogens with zero attached hydrogens (tertiary/aromatic N) is 2. The van der Waals surface area contributed by atoms with E-state index in [1.165, 1.54) is 11.9 Å². The fourth-order valence-electron chi connectivity index (χ4n) is 2.95. The second-order valence-corrected chi connectivity index (χ2v) is 6.85. The Morgan fingerprint density at radius 3 is 2.48 bits per heavy atom. The van der Waals surface area contributed by atoms with E-state index < -0.39 is 0 Å². The number of hydrogen-bond donors (Lipinski definition) is 2. The summed E-state index contributed by atoms with van der Waals surface area (Å²) < 4.78 is 3.37.